The molecule has 0 bridgehead atoms. The number of benzene rings is 9. The third-order valence-corrected chi connectivity index (χ3v) is 11.9. The zero-order valence-electron chi connectivity index (χ0n) is 37.2. The van der Waals surface area contributed by atoms with Gasteiger partial charge in [-0.15, -0.1) is 0 Å². The molecule has 0 radical (unpaired) electrons. The molecule has 3 heterocycles. The summed E-state index contributed by atoms with van der Waals surface area (Å²) in [6, 6.07) is 68.1. The highest BCUT2D eigenvalue weighted by Gasteiger charge is 2.23. The van der Waals surface area contributed by atoms with Crippen LogP contribution in [0.25, 0.3) is 111 Å². The van der Waals surface area contributed by atoms with Crippen molar-refractivity contribution in [1.29, 1.82) is 5.26 Å². The van der Waals surface area contributed by atoms with E-state index < -0.39 is 0 Å². The van der Waals surface area contributed by atoms with Gasteiger partial charge < -0.3 is 9.13 Å². The van der Waals surface area contributed by atoms with Gasteiger partial charge in [-0.25, -0.2) is 15.0 Å². The van der Waals surface area contributed by atoms with Crippen LogP contribution in [0, 0.1) is 11.3 Å². The molecule has 0 saturated carbocycles. The summed E-state index contributed by atoms with van der Waals surface area (Å²) in [5, 5.41) is 15.0. The van der Waals surface area contributed by atoms with Crippen LogP contribution in [0.3, 0.4) is 0 Å². The summed E-state index contributed by atoms with van der Waals surface area (Å²) in [5.41, 5.74) is 9.92. The molecule has 0 unspecified atom stereocenters. The summed E-state index contributed by atoms with van der Waals surface area (Å²) < 4.78 is 33.8. The van der Waals surface area contributed by atoms with Gasteiger partial charge in [-0.1, -0.05) is 158 Å². The predicted octanol–water partition coefficient (Wildman–Crippen LogP) is 14.3. The van der Waals surface area contributed by atoms with Gasteiger partial charge in [0.25, 0.3) is 0 Å². The number of hydrogen-bond acceptors (Lipinski definition) is 4. The highest BCUT2D eigenvalue weighted by Crippen LogP contribution is 2.43. The van der Waals surface area contributed by atoms with E-state index in [1.54, 1.807) is 0 Å². The van der Waals surface area contributed by atoms with Crippen molar-refractivity contribution >= 4 is 43.6 Å². The zero-order chi connectivity index (χ0) is 45.2. The molecule has 298 valence electrons. The minimum absolute atomic E-state index is 0.0253. The second-order valence-electron chi connectivity index (χ2n) is 15.7. The summed E-state index contributed by atoms with van der Waals surface area (Å²) in [6.07, 6.45) is 0. The fourth-order valence-electron chi connectivity index (χ4n) is 9.04. The Balaban J connectivity index is 1.12. The lowest BCUT2D eigenvalue weighted by Crippen LogP contribution is -2.02. The summed E-state index contributed by atoms with van der Waals surface area (Å²) >= 11 is 0. The van der Waals surface area contributed by atoms with Crippen LogP contribution in [0.5, 0.6) is 0 Å². The summed E-state index contributed by atoms with van der Waals surface area (Å²) in [5.74, 6) is 0.683. The third kappa shape index (κ3) is 6.14. The first kappa shape index (κ1) is 33.8. The Kier molecular flexibility index (Phi) is 8.02. The van der Waals surface area contributed by atoms with Crippen molar-refractivity contribution in [3.63, 3.8) is 0 Å². The number of nitriles is 1. The minimum atomic E-state index is -0.275. The molecule has 3 aromatic heterocycles. The first-order valence-electron chi connectivity index (χ1n) is 22.6. The highest BCUT2D eigenvalue weighted by molar-refractivity contribution is 6.26. The minimum Gasteiger partial charge on any atom is -0.309 e. The SMILES string of the molecule is [2H]c1c([2H])c(-n2c3ccccc3c3ccc4c(c5ccccc5n4-c4ccccc4)c32)c(C#N)c([2H])c1-c1nc(-c2cccc(-c3ccccc3)c2)nc(-c2cccc(-c3ccccc3)c2)n1. The molecule has 0 saturated heterocycles. The zero-order valence-corrected chi connectivity index (χ0v) is 34.2. The van der Waals surface area contributed by atoms with E-state index >= 15 is 0 Å². The monoisotopic (exact) mass is 819 g/mol. The fraction of sp³-hybridized carbons (Fsp3) is 0. The average Bonchev–Trinajstić information content (AvgIpc) is 3.91. The lowest BCUT2D eigenvalue weighted by molar-refractivity contribution is 1.07. The van der Waals surface area contributed by atoms with Crippen molar-refractivity contribution < 1.29 is 4.11 Å². The first-order valence-corrected chi connectivity index (χ1v) is 21.1. The van der Waals surface area contributed by atoms with Crippen LogP contribution in [-0.4, -0.2) is 24.1 Å². The van der Waals surface area contributed by atoms with E-state index in [-0.39, 0.29) is 40.8 Å². The number of rotatable bonds is 7. The summed E-state index contributed by atoms with van der Waals surface area (Å²) in [7, 11) is 0. The molecule has 12 rings (SSSR count). The molecule has 0 aliphatic heterocycles. The normalized spacial score (nSPS) is 12.1. The Morgan fingerprint density at radius 1 is 0.406 bits per heavy atom. The molecular weight excluding hydrogens is 781 g/mol. The van der Waals surface area contributed by atoms with E-state index in [0.29, 0.717) is 22.8 Å². The molecule has 0 N–H and O–H groups in total. The molecule has 9 aromatic carbocycles. The molecular formula is C58H36N6. The lowest BCUT2D eigenvalue weighted by Gasteiger charge is -2.14. The van der Waals surface area contributed by atoms with Crippen LogP contribution in [0.15, 0.2) is 218 Å². The van der Waals surface area contributed by atoms with Crippen molar-refractivity contribution in [3.8, 4) is 73.9 Å². The largest absolute Gasteiger partial charge is 0.309 e. The molecule has 6 heteroatoms. The second kappa shape index (κ2) is 15.2. The summed E-state index contributed by atoms with van der Waals surface area (Å²) in [6.45, 7) is 0. The Hall–Kier alpha value is -8.92. The molecule has 0 aliphatic rings. The van der Waals surface area contributed by atoms with Gasteiger partial charge in [-0.2, -0.15) is 5.26 Å². The molecule has 0 amide bonds. The topological polar surface area (TPSA) is 72.3 Å². The lowest BCUT2D eigenvalue weighted by atomic mass is 10.0. The van der Waals surface area contributed by atoms with Gasteiger partial charge in [0.15, 0.2) is 17.5 Å². The number of fused-ring (bicyclic) bond motifs is 7. The number of para-hydroxylation sites is 3. The molecule has 0 fully saturated rings. The second-order valence-corrected chi connectivity index (χ2v) is 15.7. The molecule has 0 spiro atoms. The van der Waals surface area contributed by atoms with Gasteiger partial charge in [0.05, 0.1) is 37.4 Å². The van der Waals surface area contributed by atoms with Crippen LogP contribution in [0.1, 0.15) is 9.68 Å². The van der Waals surface area contributed by atoms with Crippen molar-refractivity contribution in [2.45, 2.75) is 0 Å². The van der Waals surface area contributed by atoms with Gasteiger partial charge in [0.2, 0.25) is 0 Å². The van der Waals surface area contributed by atoms with E-state index in [4.69, 9.17) is 15.0 Å². The van der Waals surface area contributed by atoms with Crippen molar-refractivity contribution in [3.05, 3.63) is 224 Å². The van der Waals surface area contributed by atoms with Gasteiger partial charge in [-0.05, 0) is 82.8 Å². The van der Waals surface area contributed by atoms with E-state index in [9.17, 15) is 9.37 Å². The van der Waals surface area contributed by atoms with Gasteiger partial charge in [0.1, 0.15) is 6.07 Å². The Morgan fingerprint density at radius 3 is 1.52 bits per heavy atom. The Labute approximate surface area is 373 Å². The van der Waals surface area contributed by atoms with Crippen molar-refractivity contribution in [2.75, 3.05) is 0 Å². The molecule has 6 nitrogen and oxygen atoms in total. The average molecular weight is 820 g/mol. The maximum absolute atomic E-state index is 11.2. The van der Waals surface area contributed by atoms with Gasteiger partial charge in [0, 0.05) is 43.9 Å². The molecule has 0 atom stereocenters. The third-order valence-electron chi connectivity index (χ3n) is 11.9. The molecule has 0 aliphatic carbocycles. The fourth-order valence-corrected chi connectivity index (χ4v) is 9.04. The quantitative estimate of drug-likeness (QED) is 0.161. The van der Waals surface area contributed by atoms with Gasteiger partial charge in [-0.3, -0.25) is 0 Å². The van der Waals surface area contributed by atoms with Crippen LogP contribution in [0.4, 0.5) is 0 Å². The maximum Gasteiger partial charge on any atom is 0.164 e. The molecule has 12 aromatic rings. The number of aromatic nitrogens is 5. The smallest absolute Gasteiger partial charge is 0.164 e. The van der Waals surface area contributed by atoms with Crippen LogP contribution in [-0.2, 0) is 0 Å². The number of hydrogen-bond donors (Lipinski definition) is 0. The predicted molar refractivity (Wildman–Crippen MR) is 260 cm³/mol. The summed E-state index contributed by atoms with van der Waals surface area (Å²) in [4.78, 5) is 15.0. The number of nitrogens with zero attached hydrogens (tertiary/aromatic N) is 6. The maximum atomic E-state index is 11.2. The Bertz CT molecular complexity index is 3870. The molecule has 64 heavy (non-hydrogen) atoms. The van der Waals surface area contributed by atoms with E-state index in [2.05, 4.69) is 47.0 Å². The van der Waals surface area contributed by atoms with Crippen LogP contribution in [0.2, 0.25) is 0 Å². The Morgan fingerprint density at radius 2 is 0.906 bits per heavy atom. The van der Waals surface area contributed by atoms with Gasteiger partial charge >= 0.3 is 0 Å². The standard InChI is InChI=1S/C58H36N6/c59-37-45-36-44(58-61-56(42-22-14-20-40(34-42)38-16-4-1-5-17-38)60-57(62-58)43-23-15-21-41(35-43)39-18-6-2-7-19-39)30-32-50(45)64-51-28-12-10-26-47(51)48-31-33-53-54(55(48)64)49-27-11-13-29-52(49)63(53)46-24-8-3-9-25-46/h1-36H/i30D,32D,36D. The van der Waals surface area contributed by atoms with E-state index in [1.165, 1.54) is 0 Å². The highest BCUT2D eigenvalue weighted by atomic mass is 15.0. The van der Waals surface area contributed by atoms with E-state index in [1.807, 2.05) is 168 Å². The van der Waals surface area contributed by atoms with Crippen LogP contribution >= 0.6 is 0 Å². The van der Waals surface area contributed by atoms with Crippen molar-refractivity contribution in [1.82, 2.24) is 24.1 Å². The first-order chi connectivity index (χ1) is 33.0. The van der Waals surface area contributed by atoms with Crippen LogP contribution < -0.4 is 0 Å². The van der Waals surface area contributed by atoms with E-state index in [0.717, 1.165) is 71.6 Å². The van der Waals surface area contributed by atoms with Crippen molar-refractivity contribution in [2.24, 2.45) is 0 Å².